The normalized spacial score (nSPS) is 19.5. The molecule has 2 heterocycles. The molecule has 1 N–H and O–H groups in total. The van der Waals surface area contributed by atoms with E-state index in [1.165, 1.54) is 16.4 Å². The lowest BCUT2D eigenvalue weighted by Gasteiger charge is -2.30. The van der Waals surface area contributed by atoms with Gasteiger partial charge in [-0.1, -0.05) is 0 Å². The first-order chi connectivity index (χ1) is 9.98. The molecule has 1 aliphatic heterocycles. The summed E-state index contributed by atoms with van der Waals surface area (Å²) < 4.78 is 36.3. The highest BCUT2D eigenvalue weighted by atomic mass is 35.5. The molecular formula is C13H21ClN2O5S. The Morgan fingerprint density at radius 1 is 1.50 bits per heavy atom. The van der Waals surface area contributed by atoms with E-state index in [1.54, 1.807) is 6.92 Å². The third-order valence-corrected chi connectivity index (χ3v) is 5.18. The van der Waals surface area contributed by atoms with E-state index in [2.05, 4.69) is 5.32 Å². The van der Waals surface area contributed by atoms with Gasteiger partial charge >= 0.3 is 5.97 Å². The maximum absolute atomic E-state index is 12.5. The lowest BCUT2D eigenvalue weighted by atomic mass is 10.1. The molecule has 0 amide bonds. The molecule has 9 heteroatoms. The van der Waals surface area contributed by atoms with Gasteiger partial charge in [-0.05, 0) is 38.9 Å². The summed E-state index contributed by atoms with van der Waals surface area (Å²) >= 11 is 0. The standard InChI is InChI=1S/C13H20N2O5S.ClH/c1-3-19-13(16)11-6-7-12(20-11)21(17,18)15-8-4-5-10(9-15)14-2;/h6-7,10,14H,3-5,8-9H2,1-2H3;1H. The van der Waals surface area contributed by atoms with E-state index in [0.717, 1.165) is 12.8 Å². The van der Waals surface area contributed by atoms with Crippen molar-refractivity contribution in [3.05, 3.63) is 17.9 Å². The van der Waals surface area contributed by atoms with Crippen molar-refractivity contribution in [2.45, 2.75) is 30.9 Å². The molecule has 1 fully saturated rings. The molecule has 0 bridgehead atoms. The van der Waals surface area contributed by atoms with Gasteiger partial charge in [0.1, 0.15) is 0 Å². The van der Waals surface area contributed by atoms with Crippen molar-refractivity contribution in [1.29, 1.82) is 0 Å². The fourth-order valence-electron chi connectivity index (χ4n) is 2.29. The second-order valence-corrected chi connectivity index (χ2v) is 6.70. The van der Waals surface area contributed by atoms with Crippen LogP contribution in [0.25, 0.3) is 0 Å². The number of piperidine rings is 1. The number of carbonyl (C=O) groups is 1. The number of hydrogen-bond donors (Lipinski definition) is 1. The zero-order chi connectivity index (χ0) is 15.5. The molecule has 22 heavy (non-hydrogen) atoms. The van der Waals surface area contributed by atoms with E-state index < -0.39 is 16.0 Å². The number of sulfonamides is 1. The van der Waals surface area contributed by atoms with Crippen LogP contribution in [0.15, 0.2) is 21.6 Å². The van der Waals surface area contributed by atoms with E-state index in [4.69, 9.17) is 9.15 Å². The number of rotatable bonds is 5. The average molecular weight is 353 g/mol. The molecule has 0 spiro atoms. The van der Waals surface area contributed by atoms with Gasteiger partial charge < -0.3 is 14.5 Å². The minimum atomic E-state index is -3.71. The molecule has 1 saturated heterocycles. The maximum atomic E-state index is 12.5. The zero-order valence-corrected chi connectivity index (χ0v) is 14.2. The van der Waals surface area contributed by atoms with Gasteiger partial charge in [0.05, 0.1) is 6.61 Å². The Balaban J connectivity index is 0.00000242. The minimum Gasteiger partial charge on any atom is -0.460 e. The molecule has 0 aromatic carbocycles. The fraction of sp³-hybridized carbons (Fsp3) is 0.615. The number of ether oxygens (including phenoxy) is 1. The van der Waals surface area contributed by atoms with E-state index in [9.17, 15) is 13.2 Å². The van der Waals surface area contributed by atoms with E-state index >= 15 is 0 Å². The quantitative estimate of drug-likeness (QED) is 0.802. The minimum absolute atomic E-state index is 0. The molecule has 7 nitrogen and oxygen atoms in total. The highest BCUT2D eigenvalue weighted by Gasteiger charge is 2.32. The van der Waals surface area contributed by atoms with Gasteiger partial charge in [0.2, 0.25) is 10.9 Å². The Morgan fingerprint density at radius 2 is 2.23 bits per heavy atom. The lowest BCUT2D eigenvalue weighted by Crippen LogP contribution is -2.46. The SMILES string of the molecule is CCOC(=O)c1ccc(S(=O)(=O)N2CCCC(NC)C2)o1.Cl. The first kappa shape index (κ1) is 19.0. The van der Waals surface area contributed by atoms with Crippen molar-refractivity contribution >= 4 is 28.4 Å². The van der Waals surface area contributed by atoms with Crippen LogP contribution in [-0.2, 0) is 14.8 Å². The Hall–Kier alpha value is -1.09. The first-order valence-corrected chi connectivity index (χ1v) is 8.37. The summed E-state index contributed by atoms with van der Waals surface area (Å²) in [5.74, 6) is -0.761. The molecule has 0 radical (unpaired) electrons. The summed E-state index contributed by atoms with van der Waals surface area (Å²) in [6, 6.07) is 2.75. The van der Waals surface area contributed by atoms with Crippen molar-refractivity contribution in [1.82, 2.24) is 9.62 Å². The summed E-state index contributed by atoms with van der Waals surface area (Å²) in [6.45, 7) is 2.73. The second kappa shape index (κ2) is 7.96. The van der Waals surface area contributed by atoms with Crippen LogP contribution in [0.2, 0.25) is 0 Å². The van der Waals surface area contributed by atoms with Crippen LogP contribution in [-0.4, -0.2) is 51.5 Å². The predicted molar refractivity (Wildman–Crippen MR) is 82.8 cm³/mol. The Labute approximate surface area is 136 Å². The van der Waals surface area contributed by atoms with E-state index in [0.29, 0.717) is 13.1 Å². The molecule has 0 saturated carbocycles. The van der Waals surface area contributed by atoms with Crippen LogP contribution >= 0.6 is 12.4 Å². The van der Waals surface area contributed by atoms with Crippen molar-refractivity contribution in [3.63, 3.8) is 0 Å². The molecule has 1 aromatic rings. The zero-order valence-electron chi connectivity index (χ0n) is 12.6. The first-order valence-electron chi connectivity index (χ1n) is 6.93. The number of esters is 1. The molecular weight excluding hydrogens is 332 g/mol. The average Bonchev–Trinajstić information content (AvgIpc) is 2.98. The molecule has 1 aromatic heterocycles. The van der Waals surface area contributed by atoms with Gasteiger partial charge in [0.15, 0.2) is 0 Å². The summed E-state index contributed by atoms with van der Waals surface area (Å²) in [5, 5.41) is 2.87. The van der Waals surface area contributed by atoms with Crippen molar-refractivity contribution < 1.29 is 22.4 Å². The monoisotopic (exact) mass is 352 g/mol. The van der Waals surface area contributed by atoms with Crippen LogP contribution in [0, 0.1) is 0 Å². The van der Waals surface area contributed by atoms with Gasteiger partial charge in [-0.3, -0.25) is 0 Å². The number of nitrogens with zero attached hydrogens (tertiary/aromatic N) is 1. The second-order valence-electron chi connectivity index (χ2n) is 4.83. The number of likely N-dealkylation sites (N-methyl/N-ethyl adjacent to an activating group) is 1. The smallest absolute Gasteiger partial charge is 0.374 e. The third-order valence-electron chi connectivity index (χ3n) is 3.44. The van der Waals surface area contributed by atoms with E-state index in [-0.39, 0.29) is 35.9 Å². The topological polar surface area (TPSA) is 88.9 Å². The number of hydrogen-bond acceptors (Lipinski definition) is 6. The van der Waals surface area contributed by atoms with Crippen LogP contribution in [0.3, 0.4) is 0 Å². The van der Waals surface area contributed by atoms with Gasteiger partial charge in [-0.2, -0.15) is 4.31 Å². The van der Waals surface area contributed by atoms with Crippen LogP contribution in [0.4, 0.5) is 0 Å². The van der Waals surface area contributed by atoms with Gasteiger partial charge in [0, 0.05) is 19.1 Å². The lowest BCUT2D eigenvalue weighted by molar-refractivity contribution is 0.0483. The summed E-state index contributed by atoms with van der Waals surface area (Å²) in [6.07, 6.45) is 1.73. The molecule has 1 unspecified atom stereocenters. The number of furan rings is 1. The largest absolute Gasteiger partial charge is 0.460 e. The summed E-state index contributed by atoms with van der Waals surface area (Å²) in [4.78, 5) is 11.5. The number of halogens is 1. The fourth-order valence-corrected chi connectivity index (χ4v) is 3.73. The van der Waals surface area contributed by atoms with E-state index in [1.807, 2.05) is 7.05 Å². The molecule has 1 atom stereocenters. The Kier molecular flexibility index (Phi) is 6.86. The molecule has 0 aliphatic carbocycles. The van der Waals surface area contributed by atoms with Crippen LogP contribution in [0.5, 0.6) is 0 Å². The highest BCUT2D eigenvalue weighted by molar-refractivity contribution is 7.89. The van der Waals surface area contributed by atoms with Crippen molar-refractivity contribution in [2.75, 3.05) is 26.7 Å². The van der Waals surface area contributed by atoms with Crippen LogP contribution in [0.1, 0.15) is 30.3 Å². The molecule has 2 rings (SSSR count). The van der Waals surface area contributed by atoms with Gasteiger partial charge in [-0.25, -0.2) is 13.2 Å². The van der Waals surface area contributed by atoms with Gasteiger partial charge in [0.25, 0.3) is 10.0 Å². The number of nitrogens with one attached hydrogen (secondary N) is 1. The maximum Gasteiger partial charge on any atom is 0.374 e. The van der Waals surface area contributed by atoms with Crippen LogP contribution < -0.4 is 5.32 Å². The number of carbonyl (C=O) groups excluding carboxylic acids is 1. The molecule has 1 aliphatic rings. The Morgan fingerprint density at radius 3 is 2.86 bits per heavy atom. The summed E-state index contributed by atoms with van der Waals surface area (Å²) in [7, 11) is -1.90. The van der Waals surface area contributed by atoms with Crippen molar-refractivity contribution in [3.8, 4) is 0 Å². The third kappa shape index (κ3) is 4.01. The molecule has 126 valence electrons. The predicted octanol–water partition coefficient (Wildman–Crippen LogP) is 1.25. The van der Waals surface area contributed by atoms with Gasteiger partial charge in [-0.15, -0.1) is 12.4 Å². The highest BCUT2D eigenvalue weighted by Crippen LogP contribution is 2.22. The Bertz CT molecular complexity index is 601. The van der Waals surface area contributed by atoms with Crippen molar-refractivity contribution in [2.24, 2.45) is 0 Å². The summed E-state index contributed by atoms with van der Waals surface area (Å²) in [5.41, 5.74) is 0.